The van der Waals surface area contributed by atoms with Crippen LogP contribution in [-0.4, -0.2) is 24.6 Å². The van der Waals surface area contributed by atoms with E-state index in [1.165, 1.54) is 5.69 Å². The zero-order chi connectivity index (χ0) is 14.3. The lowest BCUT2D eigenvalue weighted by Crippen LogP contribution is -2.27. The number of nitrogens with one attached hydrogen (secondary N) is 1. The molecule has 1 atom stereocenters. The van der Waals surface area contributed by atoms with E-state index in [-0.39, 0.29) is 0 Å². The first-order valence-corrected chi connectivity index (χ1v) is 7.56. The third-order valence-corrected chi connectivity index (χ3v) is 3.32. The fourth-order valence-electron chi connectivity index (χ4n) is 2.35. The van der Waals surface area contributed by atoms with Crippen LogP contribution < -0.4 is 10.2 Å². The van der Waals surface area contributed by atoms with Crippen molar-refractivity contribution in [2.75, 3.05) is 24.5 Å². The molecular weight excluding hydrogens is 234 g/mol. The van der Waals surface area contributed by atoms with Crippen LogP contribution in [0.25, 0.3) is 0 Å². The van der Waals surface area contributed by atoms with Gasteiger partial charge in [0.1, 0.15) is 0 Å². The summed E-state index contributed by atoms with van der Waals surface area (Å²) in [5.41, 5.74) is 2.38. The molecule has 1 N–H and O–H groups in total. The lowest BCUT2D eigenvalue weighted by atomic mass is 10.1. The Morgan fingerprint density at radius 1 is 1.21 bits per heavy atom. The molecule has 108 valence electrons. The number of anilines is 1. The van der Waals surface area contributed by atoms with Gasteiger partial charge < -0.3 is 10.2 Å². The molecule has 1 rings (SSSR count). The van der Waals surface area contributed by atoms with Gasteiger partial charge in [-0.25, -0.2) is 0 Å². The average molecular weight is 263 g/mol. The first kappa shape index (κ1) is 16.0. The first-order chi connectivity index (χ1) is 9.12. The summed E-state index contributed by atoms with van der Waals surface area (Å²) in [6, 6.07) is 4.74. The van der Waals surface area contributed by atoms with Crippen molar-refractivity contribution in [3.63, 3.8) is 0 Å². The van der Waals surface area contributed by atoms with Gasteiger partial charge in [0.15, 0.2) is 0 Å². The summed E-state index contributed by atoms with van der Waals surface area (Å²) >= 11 is 0. The Morgan fingerprint density at radius 3 is 2.37 bits per heavy atom. The first-order valence-electron chi connectivity index (χ1n) is 7.56. The van der Waals surface area contributed by atoms with E-state index in [1.54, 1.807) is 0 Å². The van der Waals surface area contributed by atoms with E-state index in [2.05, 4.69) is 62.0 Å². The number of hydrogen-bond acceptors (Lipinski definition) is 3. The van der Waals surface area contributed by atoms with Crippen LogP contribution in [0.3, 0.4) is 0 Å². The topological polar surface area (TPSA) is 28.2 Å². The number of aromatic nitrogens is 1. The number of hydrogen-bond donors (Lipinski definition) is 1. The van der Waals surface area contributed by atoms with Gasteiger partial charge in [0.2, 0.25) is 0 Å². The van der Waals surface area contributed by atoms with Gasteiger partial charge in [-0.3, -0.25) is 4.98 Å². The van der Waals surface area contributed by atoms with Gasteiger partial charge in [-0.2, -0.15) is 0 Å². The Bertz CT molecular complexity index is 346. The van der Waals surface area contributed by atoms with E-state index in [0.717, 1.165) is 31.7 Å². The van der Waals surface area contributed by atoms with E-state index < -0.39 is 0 Å². The predicted molar refractivity (Wildman–Crippen MR) is 83.7 cm³/mol. The molecule has 1 aromatic heterocycles. The third-order valence-electron chi connectivity index (χ3n) is 3.32. The summed E-state index contributed by atoms with van der Waals surface area (Å²) in [6.07, 6.45) is 3.09. The van der Waals surface area contributed by atoms with Crippen molar-refractivity contribution in [1.82, 2.24) is 10.3 Å². The summed E-state index contributed by atoms with van der Waals surface area (Å²) in [5, 5.41) is 3.47. The van der Waals surface area contributed by atoms with E-state index in [9.17, 15) is 0 Å². The van der Waals surface area contributed by atoms with Crippen molar-refractivity contribution in [3.8, 4) is 0 Å². The lowest BCUT2D eigenvalue weighted by Gasteiger charge is -2.25. The van der Waals surface area contributed by atoms with E-state index in [1.807, 2.05) is 6.20 Å². The summed E-state index contributed by atoms with van der Waals surface area (Å²) in [4.78, 5) is 7.03. The largest absolute Gasteiger partial charge is 0.370 e. The van der Waals surface area contributed by atoms with Gasteiger partial charge in [0.05, 0.1) is 17.6 Å². The Labute approximate surface area is 118 Å². The number of nitrogens with zero attached hydrogens (tertiary/aromatic N) is 2. The second-order valence-electron chi connectivity index (χ2n) is 5.39. The number of pyridine rings is 1. The molecule has 1 heterocycles. The summed E-state index contributed by atoms with van der Waals surface area (Å²) in [6.45, 7) is 14.1. The third kappa shape index (κ3) is 4.83. The standard InChI is InChI=1S/C16H29N3/c1-6-15(17-7-2)16-10-9-14(11-18-16)19(8-3)12-13(4)5/h9-11,13,15,17H,6-8,12H2,1-5H3. The molecule has 0 saturated heterocycles. The molecule has 0 aliphatic rings. The van der Waals surface area contributed by atoms with Crippen molar-refractivity contribution in [1.29, 1.82) is 0 Å². The highest BCUT2D eigenvalue weighted by Gasteiger charge is 2.11. The Hall–Kier alpha value is -1.09. The molecule has 19 heavy (non-hydrogen) atoms. The quantitative estimate of drug-likeness (QED) is 0.776. The highest BCUT2D eigenvalue weighted by molar-refractivity contribution is 5.44. The van der Waals surface area contributed by atoms with Crippen LogP contribution in [0.15, 0.2) is 18.3 Å². The van der Waals surface area contributed by atoms with Gasteiger partial charge in [-0.1, -0.05) is 27.7 Å². The fourth-order valence-corrected chi connectivity index (χ4v) is 2.35. The van der Waals surface area contributed by atoms with Crippen molar-refractivity contribution in [3.05, 3.63) is 24.0 Å². The molecule has 0 saturated carbocycles. The minimum atomic E-state index is 0.374. The molecular formula is C16H29N3. The van der Waals surface area contributed by atoms with Crippen LogP contribution in [0.1, 0.15) is 52.8 Å². The zero-order valence-electron chi connectivity index (χ0n) is 13.1. The van der Waals surface area contributed by atoms with Crippen LogP contribution in [0.4, 0.5) is 5.69 Å². The highest BCUT2D eigenvalue weighted by Crippen LogP contribution is 2.19. The van der Waals surface area contributed by atoms with E-state index in [0.29, 0.717) is 12.0 Å². The van der Waals surface area contributed by atoms with Crippen molar-refractivity contribution >= 4 is 5.69 Å². The minimum Gasteiger partial charge on any atom is -0.370 e. The van der Waals surface area contributed by atoms with E-state index in [4.69, 9.17) is 0 Å². The van der Waals surface area contributed by atoms with Gasteiger partial charge >= 0.3 is 0 Å². The van der Waals surface area contributed by atoms with Gasteiger partial charge in [0.25, 0.3) is 0 Å². The average Bonchev–Trinajstić information content (AvgIpc) is 2.42. The van der Waals surface area contributed by atoms with Crippen molar-refractivity contribution in [2.45, 2.75) is 47.1 Å². The smallest absolute Gasteiger partial charge is 0.0574 e. The predicted octanol–water partition coefficient (Wildman–Crippen LogP) is 3.62. The molecule has 3 heteroatoms. The summed E-state index contributed by atoms with van der Waals surface area (Å²) in [5.74, 6) is 0.671. The molecule has 0 aliphatic carbocycles. The molecule has 0 aromatic carbocycles. The SMILES string of the molecule is CCNC(CC)c1ccc(N(CC)CC(C)C)cn1. The van der Waals surface area contributed by atoms with Crippen LogP contribution in [0, 0.1) is 5.92 Å². The second-order valence-corrected chi connectivity index (χ2v) is 5.39. The Morgan fingerprint density at radius 2 is 1.95 bits per heavy atom. The molecule has 0 radical (unpaired) electrons. The zero-order valence-corrected chi connectivity index (χ0v) is 13.1. The molecule has 3 nitrogen and oxygen atoms in total. The monoisotopic (exact) mass is 263 g/mol. The molecule has 1 aromatic rings. The minimum absolute atomic E-state index is 0.374. The maximum absolute atomic E-state index is 4.64. The molecule has 0 bridgehead atoms. The van der Waals surface area contributed by atoms with Gasteiger partial charge in [-0.15, -0.1) is 0 Å². The molecule has 0 amide bonds. The summed E-state index contributed by atoms with van der Waals surface area (Å²) < 4.78 is 0. The van der Waals surface area contributed by atoms with Crippen LogP contribution >= 0.6 is 0 Å². The summed E-state index contributed by atoms with van der Waals surface area (Å²) in [7, 11) is 0. The number of rotatable bonds is 8. The fraction of sp³-hybridized carbons (Fsp3) is 0.688. The van der Waals surface area contributed by atoms with Crippen LogP contribution in [0.2, 0.25) is 0 Å². The van der Waals surface area contributed by atoms with Gasteiger partial charge in [-0.05, 0) is 37.9 Å². The maximum atomic E-state index is 4.64. The lowest BCUT2D eigenvalue weighted by molar-refractivity contribution is 0.524. The van der Waals surface area contributed by atoms with Gasteiger partial charge in [0, 0.05) is 19.1 Å². The van der Waals surface area contributed by atoms with E-state index >= 15 is 0 Å². The Balaban J connectivity index is 2.79. The second kappa shape index (κ2) is 8.16. The molecule has 0 aliphatic heterocycles. The highest BCUT2D eigenvalue weighted by atomic mass is 15.1. The normalized spacial score (nSPS) is 12.7. The molecule has 0 fully saturated rings. The van der Waals surface area contributed by atoms with Crippen LogP contribution in [-0.2, 0) is 0 Å². The molecule has 1 unspecified atom stereocenters. The van der Waals surface area contributed by atoms with Crippen molar-refractivity contribution in [2.24, 2.45) is 5.92 Å². The maximum Gasteiger partial charge on any atom is 0.0574 e. The van der Waals surface area contributed by atoms with Crippen LogP contribution in [0.5, 0.6) is 0 Å². The Kier molecular flexibility index (Phi) is 6.85. The van der Waals surface area contributed by atoms with Crippen molar-refractivity contribution < 1.29 is 0 Å². The molecule has 0 spiro atoms.